The minimum absolute atomic E-state index is 0.00531. The van der Waals surface area contributed by atoms with Gasteiger partial charge in [-0.25, -0.2) is 4.79 Å². The molecule has 0 aliphatic rings. The van der Waals surface area contributed by atoms with Crippen molar-refractivity contribution in [3.05, 3.63) is 70.4 Å². The number of pyridine rings is 1. The molecule has 134 valence electrons. The standard InChI is InChI=1S/C21H21ClN2O2/c1-4-26-21(25)18-12-23-19-13(2)10-16(22)11-17(19)20(18)24-14(3)15-8-6-5-7-9-15/h5-12,14H,4H2,1-3H3,(H,23,24)/t14-/m1/s1. The molecular formula is C21H21ClN2O2. The van der Waals surface area contributed by atoms with Crippen LogP contribution in [0.5, 0.6) is 0 Å². The van der Waals surface area contributed by atoms with E-state index in [-0.39, 0.29) is 6.04 Å². The number of fused-ring (bicyclic) bond motifs is 1. The van der Waals surface area contributed by atoms with Gasteiger partial charge in [-0.15, -0.1) is 0 Å². The van der Waals surface area contributed by atoms with Gasteiger partial charge in [0.15, 0.2) is 0 Å². The number of esters is 1. The maximum absolute atomic E-state index is 12.5. The summed E-state index contributed by atoms with van der Waals surface area (Å²) in [5, 5.41) is 4.88. The van der Waals surface area contributed by atoms with E-state index in [4.69, 9.17) is 16.3 Å². The topological polar surface area (TPSA) is 51.2 Å². The lowest BCUT2D eigenvalue weighted by Gasteiger charge is -2.20. The van der Waals surface area contributed by atoms with Crippen LogP contribution in [0.2, 0.25) is 5.02 Å². The van der Waals surface area contributed by atoms with Crippen molar-refractivity contribution in [3.8, 4) is 0 Å². The molecule has 0 fully saturated rings. The second kappa shape index (κ2) is 7.75. The number of carbonyl (C=O) groups is 1. The number of nitrogens with one attached hydrogen (secondary N) is 1. The molecule has 1 aromatic heterocycles. The Labute approximate surface area is 158 Å². The first-order valence-corrected chi connectivity index (χ1v) is 8.96. The van der Waals surface area contributed by atoms with Crippen molar-refractivity contribution < 1.29 is 9.53 Å². The van der Waals surface area contributed by atoms with Crippen LogP contribution in [0.1, 0.15) is 41.4 Å². The third-order valence-corrected chi connectivity index (χ3v) is 4.50. The van der Waals surface area contributed by atoms with E-state index in [2.05, 4.69) is 10.3 Å². The fourth-order valence-corrected chi connectivity index (χ4v) is 3.27. The summed E-state index contributed by atoms with van der Waals surface area (Å²) < 4.78 is 5.21. The molecule has 0 saturated heterocycles. The van der Waals surface area contributed by atoms with Crippen molar-refractivity contribution >= 4 is 34.2 Å². The predicted octanol–water partition coefficient (Wildman–Crippen LogP) is 5.55. The van der Waals surface area contributed by atoms with Crippen LogP contribution in [-0.2, 0) is 4.74 Å². The number of halogens is 1. The smallest absolute Gasteiger partial charge is 0.341 e. The lowest BCUT2D eigenvalue weighted by Crippen LogP contribution is -2.14. The van der Waals surface area contributed by atoms with Crippen LogP contribution >= 0.6 is 11.6 Å². The Hall–Kier alpha value is -2.59. The van der Waals surface area contributed by atoms with E-state index in [9.17, 15) is 4.79 Å². The molecule has 0 bridgehead atoms. The largest absolute Gasteiger partial charge is 0.462 e. The molecule has 2 aromatic carbocycles. The molecule has 0 radical (unpaired) electrons. The first kappa shape index (κ1) is 18.2. The molecule has 26 heavy (non-hydrogen) atoms. The van der Waals surface area contributed by atoms with E-state index in [0.29, 0.717) is 22.9 Å². The molecule has 5 heteroatoms. The fourth-order valence-electron chi connectivity index (χ4n) is 3.00. The summed E-state index contributed by atoms with van der Waals surface area (Å²) in [7, 11) is 0. The zero-order valence-electron chi connectivity index (χ0n) is 15.0. The first-order valence-electron chi connectivity index (χ1n) is 8.58. The van der Waals surface area contributed by atoms with Crippen molar-refractivity contribution in [1.82, 2.24) is 4.98 Å². The van der Waals surface area contributed by atoms with Gasteiger partial charge in [-0.05, 0) is 44.0 Å². The molecule has 3 rings (SSSR count). The molecule has 0 spiro atoms. The number of anilines is 1. The number of aromatic nitrogens is 1. The zero-order valence-corrected chi connectivity index (χ0v) is 15.8. The third-order valence-electron chi connectivity index (χ3n) is 4.28. The Morgan fingerprint density at radius 3 is 2.69 bits per heavy atom. The van der Waals surface area contributed by atoms with Crippen LogP contribution < -0.4 is 5.32 Å². The number of aryl methyl sites for hydroxylation is 1. The summed E-state index contributed by atoms with van der Waals surface area (Å²) in [6, 6.07) is 13.7. The molecule has 4 nitrogen and oxygen atoms in total. The zero-order chi connectivity index (χ0) is 18.7. The number of rotatable bonds is 5. The summed E-state index contributed by atoms with van der Waals surface area (Å²) in [5.74, 6) is -0.401. The normalized spacial score (nSPS) is 12.0. The Morgan fingerprint density at radius 2 is 2.00 bits per heavy atom. The molecular weight excluding hydrogens is 348 g/mol. The van der Waals surface area contributed by atoms with Gasteiger partial charge in [0.2, 0.25) is 0 Å². The molecule has 1 heterocycles. The summed E-state index contributed by atoms with van der Waals surface area (Å²) >= 11 is 6.27. The van der Waals surface area contributed by atoms with E-state index in [1.54, 1.807) is 13.1 Å². The summed E-state index contributed by atoms with van der Waals surface area (Å²) in [6.07, 6.45) is 1.57. The minimum atomic E-state index is -0.401. The van der Waals surface area contributed by atoms with E-state index < -0.39 is 5.97 Å². The highest BCUT2D eigenvalue weighted by Crippen LogP contribution is 2.33. The van der Waals surface area contributed by atoms with Crippen LogP contribution in [0, 0.1) is 6.92 Å². The monoisotopic (exact) mass is 368 g/mol. The van der Waals surface area contributed by atoms with Gasteiger partial charge >= 0.3 is 5.97 Å². The highest BCUT2D eigenvalue weighted by atomic mass is 35.5. The molecule has 3 aromatic rings. The lowest BCUT2D eigenvalue weighted by atomic mass is 10.0. The van der Waals surface area contributed by atoms with Gasteiger partial charge in [-0.2, -0.15) is 0 Å². The second-order valence-electron chi connectivity index (χ2n) is 6.16. The average Bonchev–Trinajstić information content (AvgIpc) is 2.63. The summed E-state index contributed by atoms with van der Waals surface area (Å²) in [6.45, 7) is 6.09. The van der Waals surface area contributed by atoms with Crippen LogP contribution in [0.25, 0.3) is 10.9 Å². The van der Waals surface area contributed by atoms with Gasteiger partial charge in [0.1, 0.15) is 5.56 Å². The van der Waals surface area contributed by atoms with Crippen molar-refractivity contribution in [2.45, 2.75) is 26.8 Å². The maximum atomic E-state index is 12.5. The van der Waals surface area contributed by atoms with Gasteiger partial charge in [-0.1, -0.05) is 41.9 Å². The van der Waals surface area contributed by atoms with E-state index in [0.717, 1.165) is 22.0 Å². The Bertz CT molecular complexity index is 942. The van der Waals surface area contributed by atoms with Crippen LogP contribution in [0.15, 0.2) is 48.7 Å². The molecule has 0 unspecified atom stereocenters. The van der Waals surface area contributed by atoms with Crippen molar-refractivity contribution in [2.75, 3.05) is 11.9 Å². The van der Waals surface area contributed by atoms with Gasteiger partial charge in [0, 0.05) is 22.6 Å². The fraction of sp³-hybridized carbons (Fsp3) is 0.238. The van der Waals surface area contributed by atoms with Crippen molar-refractivity contribution in [1.29, 1.82) is 0 Å². The SMILES string of the molecule is CCOC(=O)c1cnc2c(C)cc(Cl)cc2c1N[C@H](C)c1ccccc1. The molecule has 1 N–H and O–H groups in total. The lowest BCUT2D eigenvalue weighted by molar-refractivity contribution is 0.0527. The van der Waals surface area contributed by atoms with Gasteiger partial charge in [-0.3, -0.25) is 4.98 Å². The van der Waals surface area contributed by atoms with Gasteiger partial charge in [0.25, 0.3) is 0 Å². The van der Waals surface area contributed by atoms with Crippen molar-refractivity contribution in [3.63, 3.8) is 0 Å². The molecule has 0 aliphatic carbocycles. The molecule has 1 atom stereocenters. The molecule has 0 amide bonds. The highest BCUT2D eigenvalue weighted by molar-refractivity contribution is 6.31. The average molecular weight is 369 g/mol. The van der Waals surface area contributed by atoms with Gasteiger partial charge < -0.3 is 10.1 Å². The van der Waals surface area contributed by atoms with E-state index in [1.165, 1.54) is 0 Å². The Kier molecular flexibility index (Phi) is 5.43. The summed E-state index contributed by atoms with van der Waals surface area (Å²) in [5.41, 5.74) is 3.98. The molecule has 0 aliphatic heterocycles. The van der Waals surface area contributed by atoms with E-state index in [1.807, 2.05) is 56.3 Å². The highest BCUT2D eigenvalue weighted by Gasteiger charge is 2.19. The van der Waals surface area contributed by atoms with Crippen LogP contribution in [0.3, 0.4) is 0 Å². The van der Waals surface area contributed by atoms with Crippen molar-refractivity contribution in [2.24, 2.45) is 0 Å². The van der Waals surface area contributed by atoms with Crippen LogP contribution in [-0.4, -0.2) is 17.6 Å². The predicted molar refractivity (Wildman–Crippen MR) is 106 cm³/mol. The Morgan fingerprint density at radius 1 is 1.27 bits per heavy atom. The first-order chi connectivity index (χ1) is 12.5. The second-order valence-corrected chi connectivity index (χ2v) is 6.60. The number of hydrogen-bond donors (Lipinski definition) is 1. The van der Waals surface area contributed by atoms with E-state index >= 15 is 0 Å². The summed E-state index contributed by atoms with van der Waals surface area (Å²) in [4.78, 5) is 16.9. The minimum Gasteiger partial charge on any atom is -0.462 e. The Balaban J connectivity index is 2.15. The van der Waals surface area contributed by atoms with Crippen LogP contribution in [0.4, 0.5) is 5.69 Å². The number of hydrogen-bond acceptors (Lipinski definition) is 4. The van der Waals surface area contributed by atoms with Gasteiger partial charge in [0.05, 0.1) is 17.8 Å². The number of nitrogens with zero attached hydrogens (tertiary/aromatic N) is 1. The molecule has 0 saturated carbocycles. The third kappa shape index (κ3) is 3.65. The quantitative estimate of drug-likeness (QED) is 0.600. The maximum Gasteiger partial charge on any atom is 0.341 e. The number of benzene rings is 2. The number of carbonyl (C=O) groups excluding carboxylic acids is 1. The number of ether oxygens (including phenoxy) is 1.